The van der Waals surface area contributed by atoms with Crippen molar-refractivity contribution in [2.24, 2.45) is 11.8 Å². The molecule has 0 amide bonds. The van der Waals surface area contributed by atoms with E-state index in [9.17, 15) is 0 Å². The van der Waals surface area contributed by atoms with Crippen LogP contribution < -0.4 is 10.6 Å². The first-order valence-electron chi connectivity index (χ1n) is 8.24. The molecular weight excluding hydrogens is 220 g/mol. The molecule has 2 rings (SSSR count). The normalized spacial score (nSPS) is 37.7. The van der Waals surface area contributed by atoms with Gasteiger partial charge < -0.3 is 10.6 Å². The van der Waals surface area contributed by atoms with E-state index < -0.39 is 0 Å². The van der Waals surface area contributed by atoms with Gasteiger partial charge in [0.05, 0.1) is 0 Å². The SMILES string of the molecule is CC1CCCCC1NCCNC1CCCCC1C. The maximum Gasteiger partial charge on any atom is 0.00932 e. The van der Waals surface area contributed by atoms with Gasteiger partial charge in [-0.3, -0.25) is 0 Å². The van der Waals surface area contributed by atoms with Crippen LogP contribution in [0.3, 0.4) is 0 Å². The lowest BCUT2D eigenvalue weighted by Gasteiger charge is -2.32. The second-order valence-corrected chi connectivity index (χ2v) is 6.64. The minimum atomic E-state index is 0.782. The molecule has 0 saturated heterocycles. The van der Waals surface area contributed by atoms with Crippen LogP contribution in [0.1, 0.15) is 65.2 Å². The minimum Gasteiger partial charge on any atom is -0.312 e. The molecule has 18 heavy (non-hydrogen) atoms. The summed E-state index contributed by atoms with van der Waals surface area (Å²) in [7, 11) is 0. The average Bonchev–Trinajstić information content (AvgIpc) is 2.38. The molecule has 0 aromatic carbocycles. The van der Waals surface area contributed by atoms with Crippen LogP contribution in [0.25, 0.3) is 0 Å². The van der Waals surface area contributed by atoms with Crippen LogP contribution >= 0.6 is 0 Å². The second kappa shape index (κ2) is 7.49. The molecule has 2 aliphatic rings. The molecule has 2 aliphatic carbocycles. The molecule has 0 heterocycles. The molecule has 2 heteroatoms. The van der Waals surface area contributed by atoms with Crippen molar-refractivity contribution >= 4 is 0 Å². The topological polar surface area (TPSA) is 24.1 Å². The van der Waals surface area contributed by atoms with Crippen LogP contribution in [0, 0.1) is 11.8 Å². The van der Waals surface area contributed by atoms with E-state index in [0.29, 0.717) is 0 Å². The average molecular weight is 252 g/mol. The van der Waals surface area contributed by atoms with Gasteiger partial charge in [-0.15, -0.1) is 0 Å². The van der Waals surface area contributed by atoms with Crippen LogP contribution in [0.2, 0.25) is 0 Å². The molecule has 4 unspecified atom stereocenters. The Morgan fingerprint density at radius 1 is 0.667 bits per heavy atom. The lowest BCUT2D eigenvalue weighted by atomic mass is 9.85. The fraction of sp³-hybridized carbons (Fsp3) is 1.00. The molecule has 0 aliphatic heterocycles. The van der Waals surface area contributed by atoms with E-state index >= 15 is 0 Å². The molecule has 0 radical (unpaired) electrons. The van der Waals surface area contributed by atoms with E-state index in [2.05, 4.69) is 24.5 Å². The zero-order valence-corrected chi connectivity index (χ0v) is 12.4. The zero-order valence-electron chi connectivity index (χ0n) is 12.4. The Balaban J connectivity index is 1.57. The van der Waals surface area contributed by atoms with Crippen LogP contribution in [-0.4, -0.2) is 25.2 Å². The molecule has 0 bridgehead atoms. The number of nitrogens with one attached hydrogen (secondary N) is 2. The lowest BCUT2D eigenvalue weighted by Crippen LogP contribution is -2.44. The van der Waals surface area contributed by atoms with Gasteiger partial charge in [-0.05, 0) is 37.5 Å². The molecule has 2 N–H and O–H groups in total. The summed E-state index contributed by atoms with van der Waals surface area (Å²) in [5.74, 6) is 1.76. The predicted molar refractivity (Wildman–Crippen MR) is 78.8 cm³/mol. The van der Waals surface area contributed by atoms with Crippen LogP contribution in [-0.2, 0) is 0 Å². The van der Waals surface area contributed by atoms with Crippen molar-refractivity contribution < 1.29 is 0 Å². The number of hydrogen-bond acceptors (Lipinski definition) is 2. The Kier molecular flexibility index (Phi) is 5.97. The molecule has 0 aromatic heterocycles. The maximum atomic E-state index is 3.76. The summed E-state index contributed by atoms with van der Waals surface area (Å²) in [6, 6.07) is 1.56. The van der Waals surface area contributed by atoms with Crippen molar-refractivity contribution in [1.82, 2.24) is 10.6 Å². The maximum absolute atomic E-state index is 3.76. The Morgan fingerprint density at radius 3 is 1.44 bits per heavy atom. The van der Waals surface area contributed by atoms with E-state index in [1.54, 1.807) is 0 Å². The van der Waals surface area contributed by atoms with Gasteiger partial charge in [-0.2, -0.15) is 0 Å². The van der Waals surface area contributed by atoms with Crippen LogP contribution in [0.15, 0.2) is 0 Å². The standard InChI is InChI=1S/C16H32N2/c1-13-7-3-5-9-15(13)17-11-12-18-16-10-6-4-8-14(16)2/h13-18H,3-12H2,1-2H3. The summed E-state index contributed by atoms with van der Waals surface area (Å²) >= 11 is 0. The third-order valence-electron chi connectivity index (χ3n) is 5.16. The van der Waals surface area contributed by atoms with E-state index in [1.807, 2.05) is 0 Å². The van der Waals surface area contributed by atoms with Crippen molar-refractivity contribution in [2.45, 2.75) is 77.3 Å². The van der Waals surface area contributed by atoms with Crippen molar-refractivity contribution in [3.8, 4) is 0 Å². The summed E-state index contributed by atoms with van der Waals surface area (Å²) in [5, 5.41) is 7.53. The first kappa shape index (κ1) is 14.3. The summed E-state index contributed by atoms with van der Waals surface area (Å²) in [5.41, 5.74) is 0. The Labute approximate surface area is 113 Å². The summed E-state index contributed by atoms with van der Waals surface area (Å²) in [6.07, 6.45) is 11.4. The third-order valence-corrected chi connectivity index (χ3v) is 5.16. The quantitative estimate of drug-likeness (QED) is 0.734. The fourth-order valence-electron chi connectivity index (χ4n) is 3.75. The highest BCUT2D eigenvalue weighted by molar-refractivity contribution is 4.80. The first-order valence-corrected chi connectivity index (χ1v) is 8.24. The van der Waals surface area contributed by atoms with Gasteiger partial charge in [0.2, 0.25) is 0 Å². The molecule has 106 valence electrons. The zero-order chi connectivity index (χ0) is 12.8. The van der Waals surface area contributed by atoms with Gasteiger partial charge in [0.15, 0.2) is 0 Å². The van der Waals surface area contributed by atoms with Crippen molar-refractivity contribution in [3.63, 3.8) is 0 Å². The Bertz CT molecular complexity index is 205. The molecular formula is C16H32N2. The monoisotopic (exact) mass is 252 g/mol. The molecule has 0 spiro atoms. The molecule has 4 atom stereocenters. The summed E-state index contributed by atoms with van der Waals surface area (Å²) < 4.78 is 0. The number of rotatable bonds is 5. The third kappa shape index (κ3) is 4.24. The highest BCUT2D eigenvalue weighted by atomic mass is 15.0. The van der Waals surface area contributed by atoms with Crippen molar-refractivity contribution in [1.29, 1.82) is 0 Å². The van der Waals surface area contributed by atoms with Crippen molar-refractivity contribution in [3.05, 3.63) is 0 Å². The lowest BCUT2D eigenvalue weighted by molar-refractivity contribution is 0.262. The number of hydrogen-bond donors (Lipinski definition) is 2. The van der Waals surface area contributed by atoms with Gasteiger partial charge in [0, 0.05) is 25.2 Å². The Hall–Kier alpha value is -0.0800. The van der Waals surface area contributed by atoms with Crippen molar-refractivity contribution in [2.75, 3.05) is 13.1 Å². The van der Waals surface area contributed by atoms with E-state index in [-0.39, 0.29) is 0 Å². The Morgan fingerprint density at radius 2 is 1.06 bits per heavy atom. The van der Waals surface area contributed by atoms with Gasteiger partial charge in [-0.25, -0.2) is 0 Å². The highest BCUT2D eigenvalue weighted by Gasteiger charge is 2.22. The van der Waals surface area contributed by atoms with E-state index in [1.165, 1.54) is 51.4 Å². The molecule has 0 aromatic rings. The van der Waals surface area contributed by atoms with E-state index in [4.69, 9.17) is 0 Å². The van der Waals surface area contributed by atoms with Gasteiger partial charge >= 0.3 is 0 Å². The first-order chi connectivity index (χ1) is 8.77. The predicted octanol–water partition coefficient (Wildman–Crippen LogP) is 3.32. The minimum absolute atomic E-state index is 0.782. The molecule has 2 fully saturated rings. The van der Waals surface area contributed by atoms with Gasteiger partial charge in [0.25, 0.3) is 0 Å². The van der Waals surface area contributed by atoms with Gasteiger partial charge in [0.1, 0.15) is 0 Å². The summed E-state index contributed by atoms with van der Waals surface area (Å²) in [4.78, 5) is 0. The largest absolute Gasteiger partial charge is 0.312 e. The van der Waals surface area contributed by atoms with E-state index in [0.717, 1.165) is 37.0 Å². The fourth-order valence-corrected chi connectivity index (χ4v) is 3.75. The molecule has 2 saturated carbocycles. The smallest absolute Gasteiger partial charge is 0.00932 e. The second-order valence-electron chi connectivity index (χ2n) is 6.64. The van der Waals surface area contributed by atoms with Crippen LogP contribution in [0.5, 0.6) is 0 Å². The summed E-state index contributed by atoms with van der Waals surface area (Å²) in [6.45, 7) is 7.12. The van der Waals surface area contributed by atoms with Crippen LogP contribution in [0.4, 0.5) is 0 Å². The molecule has 2 nitrogen and oxygen atoms in total. The highest BCUT2D eigenvalue weighted by Crippen LogP contribution is 2.24. The van der Waals surface area contributed by atoms with Gasteiger partial charge in [-0.1, -0.05) is 39.5 Å².